The van der Waals surface area contributed by atoms with Gasteiger partial charge >= 0.3 is 5.97 Å². The first kappa shape index (κ1) is 13.8. The van der Waals surface area contributed by atoms with Gasteiger partial charge in [0.25, 0.3) is 0 Å². The standard InChI is InChI=1S/C14H12N6O2/c1-7-12(8(2)19(3)18-7)10-4-11(14(21)22)20-13(17-10)9(5-15)6-16-20/h4,6H,1-3H3,(H,21,22). The number of nitriles is 1. The summed E-state index contributed by atoms with van der Waals surface area (Å²) in [5, 5.41) is 26.7. The number of fused-ring (bicyclic) bond motifs is 1. The lowest BCUT2D eigenvalue weighted by Gasteiger charge is -2.06. The summed E-state index contributed by atoms with van der Waals surface area (Å²) in [7, 11) is 1.81. The second kappa shape index (κ2) is 4.66. The molecule has 0 aromatic carbocycles. The van der Waals surface area contributed by atoms with Gasteiger partial charge in [-0.25, -0.2) is 14.3 Å². The number of nitrogens with zero attached hydrogens (tertiary/aromatic N) is 6. The van der Waals surface area contributed by atoms with E-state index in [0.29, 0.717) is 5.69 Å². The van der Waals surface area contributed by atoms with Crippen molar-refractivity contribution in [2.24, 2.45) is 7.05 Å². The maximum atomic E-state index is 11.5. The SMILES string of the molecule is Cc1nn(C)c(C)c1-c1cc(C(=O)O)n2ncc(C#N)c2n1. The third kappa shape index (κ3) is 1.83. The first-order valence-corrected chi connectivity index (χ1v) is 6.46. The maximum absolute atomic E-state index is 11.5. The summed E-state index contributed by atoms with van der Waals surface area (Å²) in [5.74, 6) is -1.14. The summed E-state index contributed by atoms with van der Waals surface area (Å²) < 4.78 is 2.87. The van der Waals surface area contributed by atoms with Gasteiger partial charge in [-0.1, -0.05) is 0 Å². The molecule has 1 N–H and O–H groups in total. The summed E-state index contributed by atoms with van der Waals surface area (Å²) in [5.41, 5.74) is 3.23. The maximum Gasteiger partial charge on any atom is 0.354 e. The summed E-state index contributed by atoms with van der Waals surface area (Å²) in [6, 6.07) is 3.41. The number of carboxylic acids is 1. The molecule has 3 rings (SSSR count). The Morgan fingerprint density at radius 2 is 2.14 bits per heavy atom. The molecule has 0 saturated heterocycles. The van der Waals surface area contributed by atoms with Crippen molar-refractivity contribution >= 4 is 11.6 Å². The Labute approximate surface area is 125 Å². The van der Waals surface area contributed by atoms with Gasteiger partial charge in [-0.3, -0.25) is 4.68 Å². The monoisotopic (exact) mass is 296 g/mol. The van der Waals surface area contributed by atoms with Crippen LogP contribution in [0.2, 0.25) is 0 Å². The normalized spacial score (nSPS) is 10.8. The molecule has 0 saturated carbocycles. The molecule has 0 amide bonds. The highest BCUT2D eigenvalue weighted by Crippen LogP contribution is 2.27. The Kier molecular flexibility index (Phi) is 2.92. The number of rotatable bonds is 2. The Morgan fingerprint density at radius 3 is 2.68 bits per heavy atom. The van der Waals surface area contributed by atoms with Crippen molar-refractivity contribution in [1.82, 2.24) is 24.4 Å². The molecular formula is C14H12N6O2. The van der Waals surface area contributed by atoms with E-state index < -0.39 is 5.97 Å². The van der Waals surface area contributed by atoms with Crippen LogP contribution >= 0.6 is 0 Å². The Bertz CT molecular complexity index is 960. The lowest BCUT2D eigenvalue weighted by Crippen LogP contribution is -2.08. The van der Waals surface area contributed by atoms with Crippen LogP contribution in [-0.4, -0.2) is 35.5 Å². The molecule has 3 aromatic heterocycles. The van der Waals surface area contributed by atoms with Gasteiger partial charge in [0, 0.05) is 18.3 Å². The van der Waals surface area contributed by atoms with Crippen molar-refractivity contribution in [2.45, 2.75) is 13.8 Å². The van der Waals surface area contributed by atoms with E-state index in [1.165, 1.54) is 12.3 Å². The van der Waals surface area contributed by atoms with Gasteiger partial charge in [-0.15, -0.1) is 0 Å². The average Bonchev–Trinajstić information content (AvgIpc) is 2.99. The van der Waals surface area contributed by atoms with Crippen molar-refractivity contribution in [2.75, 3.05) is 0 Å². The van der Waals surface area contributed by atoms with Gasteiger partial charge in [-0.05, 0) is 19.9 Å². The number of carboxylic acid groups (broad SMARTS) is 1. The zero-order chi connectivity index (χ0) is 16.0. The summed E-state index contributed by atoms with van der Waals surface area (Å²) in [6.07, 6.45) is 1.31. The average molecular weight is 296 g/mol. The van der Waals surface area contributed by atoms with E-state index in [9.17, 15) is 9.90 Å². The Balaban J connectivity index is 2.40. The molecule has 0 aliphatic rings. The first-order chi connectivity index (χ1) is 10.4. The molecule has 0 aliphatic carbocycles. The largest absolute Gasteiger partial charge is 0.477 e. The second-order valence-corrected chi connectivity index (χ2v) is 4.91. The third-order valence-electron chi connectivity index (χ3n) is 3.58. The molecule has 3 heterocycles. The molecule has 0 spiro atoms. The van der Waals surface area contributed by atoms with Crippen LogP contribution in [0.15, 0.2) is 12.3 Å². The zero-order valence-corrected chi connectivity index (χ0v) is 12.2. The fraction of sp³-hybridized carbons (Fsp3) is 0.214. The van der Waals surface area contributed by atoms with E-state index >= 15 is 0 Å². The highest BCUT2D eigenvalue weighted by molar-refractivity contribution is 5.88. The number of hydrogen-bond acceptors (Lipinski definition) is 5. The van der Waals surface area contributed by atoms with Crippen LogP contribution in [0, 0.1) is 25.2 Å². The number of carbonyl (C=O) groups is 1. The fourth-order valence-electron chi connectivity index (χ4n) is 2.47. The molecule has 8 nitrogen and oxygen atoms in total. The summed E-state index contributed by atoms with van der Waals surface area (Å²) >= 11 is 0. The lowest BCUT2D eigenvalue weighted by molar-refractivity contribution is 0.0687. The molecule has 0 aliphatic heterocycles. The van der Waals surface area contributed by atoms with E-state index in [4.69, 9.17) is 5.26 Å². The zero-order valence-electron chi connectivity index (χ0n) is 12.2. The molecular weight excluding hydrogens is 284 g/mol. The van der Waals surface area contributed by atoms with Crippen molar-refractivity contribution in [3.63, 3.8) is 0 Å². The molecule has 3 aromatic rings. The minimum Gasteiger partial charge on any atom is -0.477 e. The third-order valence-corrected chi connectivity index (χ3v) is 3.58. The smallest absolute Gasteiger partial charge is 0.354 e. The summed E-state index contributed by atoms with van der Waals surface area (Å²) in [6.45, 7) is 3.71. The van der Waals surface area contributed by atoms with Crippen LogP contribution in [0.25, 0.3) is 16.9 Å². The van der Waals surface area contributed by atoms with E-state index in [0.717, 1.165) is 21.5 Å². The highest BCUT2D eigenvalue weighted by atomic mass is 16.4. The first-order valence-electron chi connectivity index (χ1n) is 6.46. The molecule has 0 bridgehead atoms. The lowest BCUT2D eigenvalue weighted by atomic mass is 10.1. The van der Waals surface area contributed by atoms with Gasteiger partial charge in [0.1, 0.15) is 11.6 Å². The molecule has 0 atom stereocenters. The van der Waals surface area contributed by atoms with E-state index in [1.807, 2.05) is 27.0 Å². The summed E-state index contributed by atoms with van der Waals surface area (Å²) in [4.78, 5) is 15.9. The van der Waals surface area contributed by atoms with Crippen LogP contribution in [0.4, 0.5) is 0 Å². The van der Waals surface area contributed by atoms with Crippen LogP contribution in [0.3, 0.4) is 0 Å². The van der Waals surface area contributed by atoms with Gasteiger partial charge in [0.05, 0.1) is 17.6 Å². The predicted octanol–water partition coefficient (Wildman–Crippen LogP) is 1.32. The van der Waals surface area contributed by atoms with Gasteiger partial charge < -0.3 is 5.11 Å². The van der Waals surface area contributed by atoms with E-state index in [2.05, 4.69) is 15.2 Å². The Morgan fingerprint density at radius 1 is 1.41 bits per heavy atom. The number of aryl methyl sites for hydroxylation is 2. The minimum absolute atomic E-state index is 0.0517. The van der Waals surface area contributed by atoms with Crippen LogP contribution in [0.1, 0.15) is 27.4 Å². The highest BCUT2D eigenvalue weighted by Gasteiger charge is 2.20. The molecule has 22 heavy (non-hydrogen) atoms. The minimum atomic E-state index is -1.14. The Hall–Kier alpha value is -3.21. The van der Waals surface area contributed by atoms with Crippen LogP contribution in [-0.2, 0) is 7.05 Å². The fourth-order valence-corrected chi connectivity index (χ4v) is 2.47. The quantitative estimate of drug-likeness (QED) is 0.763. The topological polar surface area (TPSA) is 109 Å². The molecule has 0 fully saturated rings. The van der Waals surface area contributed by atoms with Crippen LogP contribution < -0.4 is 0 Å². The van der Waals surface area contributed by atoms with E-state index in [-0.39, 0.29) is 16.9 Å². The van der Waals surface area contributed by atoms with Crippen LogP contribution in [0.5, 0.6) is 0 Å². The van der Waals surface area contributed by atoms with Crippen molar-refractivity contribution in [1.29, 1.82) is 5.26 Å². The molecule has 8 heteroatoms. The van der Waals surface area contributed by atoms with Crippen molar-refractivity contribution in [3.8, 4) is 17.3 Å². The number of aromatic carboxylic acids is 1. The molecule has 0 unspecified atom stereocenters. The second-order valence-electron chi connectivity index (χ2n) is 4.91. The van der Waals surface area contributed by atoms with Crippen molar-refractivity contribution in [3.05, 3.63) is 34.9 Å². The van der Waals surface area contributed by atoms with Gasteiger partial charge in [0.2, 0.25) is 0 Å². The van der Waals surface area contributed by atoms with Crippen molar-refractivity contribution < 1.29 is 9.90 Å². The molecule has 0 radical (unpaired) electrons. The van der Waals surface area contributed by atoms with Gasteiger partial charge in [-0.2, -0.15) is 15.5 Å². The predicted molar refractivity (Wildman–Crippen MR) is 76.3 cm³/mol. The molecule has 110 valence electrons. The number of hydrogen-bond donors (Lipinski definition) is 1. The number of aromatic nitrogens is 5. The van der Waals surface area contributed by atoms with Gasteiger partial charge in [0.15, 0.2) is 11.3 Å². The van der Waals surface area contributed by atoms with E-state index in [1.54, 1.807) is 4.68 Å².